The molecule has 18 heavy (non-hydrogen) atoms. The molecule has 2 rings (SSSR count). The summed E-state index contributed by atoms with van der Waals surface area (Å²) in [6.07, 6.45) is 2.66. The number of carbonyl (C=O) groups is 1. The van der Waals surface area contributed by atoms with E-state index in [0.717, 1.165) is 30.1 Å². The van der Waals surface area contributed by atoms with Gasteiger partial charge >= 0.3 is 6.03 Å². The SMILES string of the molecule is O=C(NCCc1ccc(Cl)s1)N1CCC[C@@H]1CO. The van der Waals surface area contributed by atoms with E-state index in [1.165, 1.54) is 16.2 Å². The zero-order valence-electron chi connectivity index (χ0n) is 10.1. The van der Waals surface area contributed by atoms with Crippen LogP contribution < -0.4 is 5.32 Å². The average Bonchev–Trinajstić information content (AvgIpc) is 2.97. The van der Waals surface area contributed by atoms with Crippen LogP contribution in [0.5, 0.6) is 0 Å². The number of aliphatic hydroxyl groups is 1. The number of aliphatic hydroxyl groups excluding tert-OH is 1. The smallest absolute Gasteiger partial charge is 0.317 e. The molecule has 1 aliphatic heterocycles. The lowest BCUT2D eigenvalue weighted by atomic mass is 10.2. The predicted molar refractivity (Wildman–Crippen MR) is 73.2 cm³/mol. The molecule has 0 aromatic carbocycles. The van der Waals surface area contributed by atoms with Crippen LogP contribution in [0, 0.1) is 0 Å². The van der Waals surface area contributed by atoms with Gasteiger partial charge in [-0.05, 0) is 31.4 Å². The Morgan fingerprint density at radius 2 is 2.44 bits per heavy atom. The zero-order valence-corrected chi connectivity index (χ0v) is 11.6. The Kier molecular flexibility index (Phi) is 4.86. The maximum absolute atomic E-state index is 11.9. The summed E-state index contributed by atoms with van der Waals surface area (Å²) < 4.78 is 0.774. The third-order valence-electron chi connectivity index (χ3n) is 3.13. The van der Waals surface area contributed by atoms with Crippen molar-refractivity contribution in [3.8, 4) is 0 Å². The van der Waals surface area contributed by atoms with Gasteiger partial charge < -0.3 is 15.3 Å². The second kappa shape index (κ2) is 6.41. The Morgan fingerprint density at radius 1 is 1.61 bits per heavy atom. The molecule has 0 aliphatic carbocycles. The first kappa shape index (κ1) is 13.6. The lowest BCUT2D eigenvalue weighted by Gasteiger charge is -2.23. The van der Waals surface area contributed by atoms with Crippen LogP contribution in [-0.4, -0.2) is 41.8 Å². The van der Waals surface area contributed by atoms with E-state index in [1.807, 2.05) is 12.1 Å². The van der Waals surface area contributed by atoms with Crippen molar-refractivity contribution in [1.82, 2.24) is 10.2 Å². The highest BCUT2D eigenvalue weighted by molar-refractivity contribution is 7.16. The number of hydrogen-bond acceptors (Lipinski definition) is 3. The number of urea groups is 1. The molecule has 6 heteroatoms. The molecule has 0 spiro atoms. The molecule has 1 saturated heterocycles. The van der Waals surface area contributed by atoms with Crippen molar-refractivity contribution in [2.24, 2.45) is 0 Å². The molecule has 0 saturated carbocycles. The number of rotatable bonds is 4. The molecule has 2 heterocycles. The van der Waals surface area contributed by atoms with E-state index >= 15 is 0 Å². The first-order valence-electron chi connectivity index (χ1n) is 6.10. The van der Waals surface area contributed by atoms with Crippen LogP contribution in [0.2, 0.25) is 4.34 Å². The van der Waals surface area contributed by atoms with Crippen molar-refractivity contribution >= 4 is 29.0 Å². The van der Waals surface area contributed by atoms with Crippen molar-refractivity contribution < 1.29 is 9.90 Å². The van der Waals surface area contributed by atoms with Gasteiger partial charge in [0.15, 0.2) is 0 Å². The largest absolute Gasteiger partial charge is 0.394 e. The average molecular weight is 289 g/mol. The lowest BCUT2D eigenvalue weighted by molar-refractivity contribution is 0.157. The van der Waals surface area contributed by atoms with Crippen molar-refractivity contribution in [3.05, 3.63) is 21.3 Å². The fourth-order valence-electron chi connectivity index (χ4n) is 2.17. The van der Waals surface area contributed by atoms with Gasteiger partial charge in [-0.25, -0.2) is 4.79 Å². The molecule has 0 bridgehead atoms. The molecule has 1 atom stereocenters. The Labute approximate surface area is 116 Å². The number of amides is 2. The van der Waals surface area contributed by atoms with Crippen LogP contribution in [0.25, 0.3) is 0 Å². The van der Waals surface area contributed by atoms with Crippen LogP contribution in [0.1, 0.15) is 17.7 Å². The van der Waals surface area contributed by atoms with Gasteiger partial charge in [0.1, 0.15) is 0 Å². The zero-order chi connectivity index (χ0) is 13.0. The topological polar surface area (TPSA) is 52.6 Å². The van der Waals surface area contributed by atoms with Gasteiger partial charge in [0.05, 0.1) is 17.0 Å². The summed E-state index contributed by atoms with van der Waals surface area (Å²) in [5, 5.41) is 12.0. The minimum absolute atomic E-state index is 0.0128. The maximum Gasteiger partial charge on any atom is 0.317 e. The Morgan fingerprint density at radius 3 is 3.11 bits per heavy atom. The molecular weight excluding hydrogens is 272 g/mol. The summed E-state index contributed by atoms with van der Waals surface area (Å²) in [7, 11) is 0. The minimum atomic E-state index is -0.0748. The van der Waals surface area contributed by atoms with Crippen molar-refractivity contribution in [3.63, 3.8) is 0 Å². The van der Waals surface area contributed by atoms with E-state index in [9.17, 15) is 4.79 Å². The molecule has 1 fully saturated rings. The number of nitrogens with one attached hydrogen (secondary N) is 1. The van der Waals surface area contributed by atoms with Gasteiger partial charge in [-0.2, -0.15) is 0 Å². The highest BCUT2D eigenvalue weighted by atomic mass is 35.5. The van der Waals surface area contributed by atoms with E-state index in [-0.39, 0.29) is 18.7 Å². The number of carbonyl (C=O) groups excluding carboxylic acids is 1. The Balaban J connectivity index is 1.74. The first-order valence-corrected chi connectivity index (χ1v) is 7.29. The Hall–Kier alpha value is -0.780. The molecule has 100 valence electrons. The van der Waals surface area contributed by atoms with E-state index in [4.69, 9.17) is 16.7 Å². The molecule has 1 aromatic heterocycles. The molecule has 1 aliphatic rings. The van der Waals surface area contributed by atoms with Crippen molar-refractivity contribution in [2.45, 2.75) is 25.3 Å². The normalized spacial score (nSPS) is 19.2. The second-order valence-electron chi connectivity index (χ2n) is 4.36. The molecule has 4 nitrogen and oxygen atoms in total. The summed E-state index contributed by atoms with van der Waals surface area (Å²) in [5.41, 5.74) is 0. The summed E-state index contributed by atoms with van der Waals surface area (Å²) in [4.78, 5) is 14.8. The van der Waals surface area contributed by atoms with Crippen LogP contribution in [0.4, 0.5) is 4.79 Å². The van der Waals surface area contributed by atoms with Crippen LogP contribution in [0.3, 0.4) is 0 Å². The van der Waals surface area contributed by atoms with Crippen molar-refractivity contribution in [2.75, 3.05) is 19.7 Å². The van der Waals surface area contributed by atoms with Gasteiger partial charge in [0.25, 0.3) is 0 Å². The maximum atomic E-state index is 11.9. The third-order valence-corrected chi connectivity index (χ3v) is 4.42. The van der Waals surface area contributed by atoms with Gasteiger partial charge in [0.2, 0.25) is 0 Å². The van der Waals surface area contributed by atoms with Gasteiger partial charge in [-0.3, -0.25) is 0 Å². The monoisotopic (exact) mass is 288 g/mol. The first-order chi connectivity index (χ1) is 8.70. The van der Waals surface area contributed by atoms with Crippen molar-refractivity contribution in [1.29, 1.82) is 0 Å². The van der Waals surface area contributed by atoms with E-state index in [1.54, 1.807) is 4.90 Å². The highest BCUT2D eigenvalue weighted by Crippen LogP contribution is 2.21. The number of hydrogen-bond donors (Lipinski definition) is 2. The summed E-state index contributed by atoms with van der Waals surface area (Å²) in [6, 6.07) is 3.76. The van der Waals surface area contributed by atoms with Crippen LogP contribution in [-0.2, 0) is 6.42 Å². The molecule has 0 radical (unpaired) electrons. The predicted octanol–water partition coefficient (Wildman–Crippen LogP) is 2.11. The fraction of sp³-hybridized carbons (Fsp3) is 0.583. The summed E-state index contributed by atoms with van der Waals surface area (Å²) in [6.45, 7) is 1.39. The summed E-state index contributed by atoms with van der Waals surface area (Å²) >= 11 is 7.38. The quantitative estimate of drug-likeness (QED) is 0.892. The second-order valence-corrected chi connectivity index (χ2v) is 6.16. The number of nitrogens with zero attached hydrogens (tertiary/aromatic N) is 1. The van der Waals surface area contributed by atoms with Crippen LogP contribution in [0.15, 0.2) is 12.1 Å². The standard InChI is InChI=1S/C12H17ClN2O2S/c13-11-4-3-10(18-11)5-6-14-12(17)15-7-1-2-9(15)8-16/h3-4,9,16H,1-2,5-8H2,(H,14,17)/t9-/m1/s1. The summed E-state index contributed by atoms with van der Waals surface area (Å²) in [5.74, 6) is 0. The minimum Gasteiger partial charge on any atom is -0.394 e. The number of halogens is 1. The molecule has 2 amide bonds. The number of thiophene rings is 1. The van der Waals surface area contributed by atoms with E-state index in [0.29, 0.717) is 6.54 Å². The molecule has 1 aromatic rings. The fourth-order valence-corrected chi connectivity index (χ4v) is 3.26. The molecule has 2 N–H and O–H groups in total. The highest BCUT2D eigenvalue weighted by Gasteiger charge is 2.27. The lowest BCUT2D eigenvalue weighted by Crippen LogP contribution is -2.44. The van der Waals surface area contributed by atoms with Gasteiger partial charge in [0, 0.05) is 18.0 Å². The Bertz CT molecular complexity index is 411. The van der Waals surface area contributed by atoms with E-state index < -0.39 is 0 Å². The van der Waals surface area contributed by atoms with Gasteiger partial charge in [-0.15, -0.1) is 11.3 Å². The van der Waals surface area contributed by atoms with Gasteiger partial charge in [-0.1, -0.05) is 11.6 Å². The third kappa shape index (κ3) is 3.37. The van der Waals surface area contributed by atoms with Crippen LogP contribution >= 0.6 is 22.9 Å². The number of likely N-dealkylation sites (tertiary alicyclic amines) is 1. The van der Waals surface area contributed by atoms with E-state index in [2.05, 4.69) is 5.32 Å². The molecule has 0 unspecified atom stereocenters. The molecular formula is C12H17ClN2O2S.